The van der Waals surface area contributed by atoms with E-state index in [1.807, 2.05) is 0 Å². The average Bonchev–Trinajstić information content (AvgIpc) is 2.10. The summed E-state index contributed by atoms with van der Waals surface area (Å²) in [5.74, 6) is -1.10. The van der Waals surface area contributed by atoms with Gasteiger partial charge in [-0.3, -0.25) is 0 Å². The molecule has 3 heteroatoms. The van der Waals surface area contributed by atoms with Gasteiger partial charge in [0.1, 0.15) is 0 Å². The Bertz CT molecular complexity index is 323. The molecule has 0 spiro atoms. The molecule has 15 heavy (non-hydrogen) atoms. The lowest BCUT2D eigenvalue weighted by atomic mass is 10.0. The quantitative estimate of drug-likeness (QED) is 0.684. The van der Waals surface area contributed by atoms with Crippen LogP contribution in [0.3, 0.4) is 0 Å². The summed E-state index contributed by atoms with van der Waals surface area (Å²) < 4.78 is 25.5. The highest BCUT2D eigenvalue weighted by atomic mass is 35.5. The standard InChI is InChI=1S/C12H15ClF2/c1-8(2)5-10(13)6-9-3-4-11(14)12(15)7-9/h3-4,7-8,10H,5-6H2,1-2H3. The van der Waals surface area contributed by atoms with Crippen molar-refractivity contribution in [1.29, 1.82) is 0 Å². The van der Waals surface area contributed by atoms with E-state index in [0.29, 0.717) is 12.3 Å². The maximum atomic E-state index is 12.9. The molecule has 0 saturated heterocycles. The molecule has 0 aliphatic carbocycles. The van der Waals surface area contributed by atoms with Crippen molar-refractivity contribution in [3.05, 3.63) is 35.4 Å². The minimum atomic E-state index is -0.811. The van der Waals surface area contributed by atoms with Gasteiger partial charge in [0.05, 0.1) is 0 Å². The highest BCUT2D eigenvalue weighted by Gasteiger charge is 2.10. The maximum Gasteiger partial charge on any atom is 0.159 e. The van der Waals surface area contributed by atoms with Crippen LogP contribution in [0.5, 0.6) is 0 Å². The molecule has 1 unspecified atom stereocenters. The van der Waals surface area contributed by atoms with E-state index in [9.17, 15) is 8.78 Å². The highest BCUT2D eigenvalue weighted by molar-refractivity contribution is 6.20. The lowest BCUT2D eigenvalue weighted by Gasteiger charge is -2.11. The van der Waals surface area contributed by atoms with Crippen molar-refractivity contribution in [1.82, 2.24) is 0 Å². The molecule has 0 amide bonds. The molecular weight excluding hydrogens is 218 g/mol. The molecule has 0 aliphatic rings. The monoisotopic (exact) mass is 232 g/mol. The Morgan fingerprint density at radius 3 is 2.40 bits per heavy atom. The van der Waals surface area contributed by atoms with Crippen molar-refractivity contribution in [3.63, 3.8) is 0 Å². The third-order valence-electron chi connectivity index (χ3n) is 2.17. The summed E-state index contributed by atoms with van der Waals surface area (Å²) in [4.78, 5) is 0. The van der Waals surface area contributed by atoms with E-state index >= 15 is 0 Å². The van der Waals surface area contributed by atoms with Gasteiger partial charge in [0.2, 0.25) is 0 Å². The minimum Gasteiger partial charge on any atom is -0.204 e. The Labute approximate surface area is 94.3 Å². The van der Waals surface area contributed by atoms with E-state index in [2.05, 4.69) is 13.8 Å². The molecule has 0 saturated carbocycles. The molecule has 0 heterocycles. The average molecular weight is 233 g/mol. The molecule has 0 aliphatic heterocycles. The largest absolute Gasteiger partial charge is 0.204 e. The molecule has 0 nitrogen and oxygen atoms in total. The lowest BCUT2D eigenvalue weighted by Crippen LogP contribution is -2.07. The van der Waals surface area contributed by atoms with E-state index in [-0.39, 0.29) is 5.38 Å². The highest BCUT2D eigenvalue weighted by Crippen LogP contribution is 2.17. The van der Waals surface area contributed by atoms with Gasteiger partial charge in [-0.25, -0.2) is 8.78 Å². The number of benzene rings is 1. The van der Waals surface area contributed by atoms with Gasteiger partial charge >= 0.3 is 0 Å². The first kappa shape index (κ1) is 12.4. The SMILES string of the molecule is CC(C)CC(Cl)Cc1ccc(F)c(F)c1. The molecule has 0 fully saturated rings. The van der Waals surface area contributed by atoms with Crippen LogP contribution in [0.4, 0.5) is 8.78 Å². The fraction of sp³-hybridized carbons (Fsp3) is 0.500. The van der Waals surface area contributed by atoms with Gasteiger partial charge in [-0.1, -0.05) is 19.9 Å². The second-order valence-electron chi connectivity index (χ2n) is 4.18. The number of alkyl halides is 1. The summed E-state index contributed by atoms with van der Waals surface area (Å²) in [5, 5.41) is -0.0186. The molecular formula is C12H15ClF2. The van der Waals surface area contributed by atoms with Gasteiger partial charge in [-0.15, -0.1) is 11.6 Å². The lowest BCUT2D eigenvalue weighted by molar-refractivity contribution is 0.505. The normalized spacial score (nSPS) is 13.2. The maximum absolute atomic E-state index is 12.9. The van der Waals surface area contributed by atoms with Crippen molar-refractivity contribution in [2.75, 3.05) is 0 Å². The van der Waals surface area contributed by atoms with Gasteiger partial charge in [-0.2, -0.15) is 0 Å². The van der Waals surface area contributed by atoms with Crippen LogP contribution in [-0.4, -0.2) is 5.38 Å². The van der Waals surface area contributed by atoms with Crippen LogP contribution in [0.15, 0.2) is 18.2 Å². The fourth-order valence-corrected chi connectivity index (χ4v) is 2.05. The predicted octanol–water partition coefficient (Wildman–Crippen LogP) is 4.16. The summed E-state index contributed by atoms with van der Waals surface area (Å²) in [6.45, 7) is 4.17. The number of hydrogen-bond acceptors (Lipinski definition) is 0. The second-order valence-corrected chi connectivity index (χ2v) is 4.80. The Morgan fingerprint density at radius 1 is 1.20 bits per heavy atom. The number of rotatable bonds is 4. The molecule has 0 N–H and O–H groups in total. The van der Waals surface area contributed by atoms with Crippen molar-refractivity contribution < 1.29 is 8.78 Å². The van der Waals surface area contributed by atoms with Gasteiger partial charge in [0, 0.05) is 5.38 Å². The Hall–Kier alpha value is -0.630. The van der Waals surface area contributed by atoms with Crippen molar-refractivity contribution >= 4 is 11.6 Å². The van der Waals surface area contributed by atoms with E-state index in [0.717, 1.165) is 18.1 Å². The minimum absolute atomic E-state index is 0.0186. The summed E-state index contributed by atoms with van der Waals surface area (Å²) in [5.41, 5.74) is 0.745. The molecule has 1 rings (SSSR count). The number of halogens is 3. The summed E-state index contributed by atoms with van der Waals surface area (Å²) >= 11 is 6.09. The van der Waals surface area contributed by atoms with Gasteiger partial charge in [0.15, 0.2) is 11.6 Å². The smallest absolute Gasteiger partial charge is 0.159 e. The van der Waals surface area contributed by atoms with Crippen molar-refractivity contribution in [3.8, 4) is 0 Å². The first-order valence-corrected chi connectivity index (χ1v) is 5.50. The molecule has 0 aromatic heterocycles. The Kier molecular flexibility index (Phi) is 4.52. The summed E-state index contributed by atoms with van der Waals surface area (Å²) in [6.07, 6.45) is 1.46. The molecule has 0 bridgehead atoms. The molecule has 1 aromatic rings. The van der Waals surface area contributed by atoms with E-state index in [1.165, 1.54) is 6.07 Å². The Morgan fingerprint density at radius 2 is 1.87 bits per heavy atom. The van der Waals surface area contributed by atoms with Crippen LogP contribution in [0.25, 0.3) is 0 Å². The van der Waals surface area contributed by atoms with Crippen LogP contribution >= 0.6 is 11.6 Å². The molecule has 1 atom stereocenters. The Balaban J connectivity index is 2.60. The predicted molar refractivity (Wildman–Crippen MR) is 59.2 cm³/mol. The summed E-state index contributed by atoms with van der Waals surface area (Å²) in [6, 6.07) is 3.93. The van der Waals surface area contributed by atoms with Gasteiger partial charge < -0.3 is 0 Å². The zero-order chi connectivity index (χ0) is 11.4. The second kappa shape index (κ2) is 5.45. The topological polar surface area (TPSA) is 0 Å². The zero-order valence-electron chi connectivity index (χ0n) is 8.93. The fourth-order valence-electron chi connectivity index (χ4n) is 1.52. The van der Waals surface area contributed by atoms with E-state index in [4.69, 9.17) is 11.6 Å². The van der Waals surface area contributed by atoms with Crippen LogP contribution in [-0.2, 0) is 6.42 Å². The van der Waals surface area contributed by atoms with Crippen LogP contribution in [0.1, 0.15) is 25.8 Å². The van der Waals surface area contributed by atoms with Crippen LogP contribution in [0.2, 0.25) is 0 Å². The molecule has 0 radical (unpaired) electrons. The van der Waals surface area contributed by atoms with Gasteiger partial charge in [0.25, 0.3) is 0 Å². The van der Waals surface area contributed by atoms with Crippen molar-refractivity contribution in [2.45, 2.75) is 32.1 Å². The van der Waals surface area contributed by atoms with Crippen LogP contribution in [0, 0.1) is 17.6 Å². The number of hydrogen-bond donors (Lipinski definition) is 0. The van der Waals surface area contributed by atoms with Gasteiger partial charge in [-0.05, 0) is 36.5 Å². The molecule has 84 valence electrons. The van der Waals surface area contributed by atoms with Crippen LogP contribution < -0.4 is 0 Å². The molecule has 1 aromatic carbocycles. The third-order valence-corrected chi connectivity index (χ3v) is 2.50. The van der Waals surface area contributed by atoms with Crippen molar-refractivity contribution in [2.24, 2.45) is 5.92 Å². The zero-order valence-corrected chi connectivity index (χ0v) is 9.69. The summed E-state index contributed by atoms with van der Waals surface area (Å²) in [7, 11) is 0. The first-order valence-electron chi connectivity index (χ1n) is 5.07. The van der Waals surface area contributed by atoms with E-state index in [1.54, 1.807) is 6.07 Å². The first-order chi connectivity index (χ1) is 6.99. The third kappa shape index (κ3) is 4.17. The van der Waals surface area contributed by atoms with E-state index < -0.39 is 11.6 Å².